The maximum absolute atomic E-state index is 12.7. The first-order chi connectivity index (χ1) is 6.13. The van der Waals surface area contributed by atoms with E-state index >= 15 is 0 Å². The number of aldehydes is 1. The average molecular weight is 203 g/mol. The lowest BCUT2D eigenvalue weighted by Crippen LogP contribution is -2.11. The van der Waals surface area contributed by atoms with E-state index in [0.29, 0.717) is 16.9 Å². The van der Waals surface area contributed by atoms with Crippen LogP contribution in [0.4, 0.5) is 4.39 Å². The van der Waals surface area contributed by atoms with Crippen LogP contribution in [0.3, 0.4) is 0 Å². The van der Waals surface area contributed by atoms with Gasteiger partial charge in [0.2, 0.25) is 0 Å². The highest BCUT2D eigenvalue weighted by Crippen LogP contribution is 2.18. The third-order valence-electron chi connectivity index (χ3n) is 1.59. The van der Waals surface area contributed by atoms with Crippen LogP contribution in [0.15, 0.2) is 18.2 Å². The van der Waals surface area contributed by atoms with Gasteiger partial charge >= 0.3 is 0 Å². The van der Waals surface area contributed by atoms with Crippen molar-refractivity contribution in [3.63, 3.8) is 0 Å². The molecule has 0 aliphatic rings. The molecule has 0 amide bonds. The molecule has 1 atom stereocenters. The van der Waals surface area contributed by atoms with E-state index in [1.807, 2.05) is 0 Å². The molecule has 13 heavy (non-hydrogen) atoms. The molecule has 1 aromatic rings. The first-order valence-electron chi connectivity index (χ1n) is 3.71. The zero-order valence-electron chi connectivity index (χ0n) is 6.71. The second-order valence-corrected chi connectivity index (χ2v) is 3.05. The van der Waals surface area contributed by atoms with Crippen molar-refractivity contribution in [2.75, 3.05) is 0 Å². The molecular weight excluding hydrogens is 195 g/mol. The summed E-state index contributed by atoms with van der Waals surface area (Å²) in [6.07, 6.45) is -0.694. The quantitative estimate of drug-likeness (QED) is 0.756. The van der Waals surface area contributed by atoms with Crippen LogP contribution in [0.25, 0.3) is 0 Å². The van der Waals surface area contributed by atoms with Crippen molar-refractivity contribution >= 4 is 17.9 Å². The van der Waals surface area contributed by atoms with E-state index in [0.717, 1.165) is 0 Å². The maximum atomic E-state index is 12.7. The third-order valence-corrected chi connectivity index (χ3v) is 1.96. The number of carbonyl (C=O) groups is 1. The molecule has 1 N–H and O–H groups in total. The molecular formula is C9H8ClFO2. The summed E-state index contributed by atoms with van der Waals surface area (Å²) in [5, 5.41) is 9.33. The fourth-order valence-electron chi connectivity index (χ4n) is 0.973. The number of aliphatic hydroxyl groups excluding tert-OH is 1. The molecule has 0 aliphatic heterocycles. The van der Waals surface area contributed by atoms with Crippen molar-refractivity contribution in [3.05, 3.63) is 34.6 Å². The van der Waals surface area contributed by atoms with Gasteiger partial charge in [-0.15, -0.1) is 0 Å². The zero-order valence-corrected chi connectivity index (χ0v) is 7.46. The van der Waals surface area contributed by atoms with Gasteiger partial charge in [-0.05, 0) is 23.8 Å². The van der Waals surface area contributed by atoms with Gasteiger partial charge in [0.15, 0.2) is 0 Å². The summed E-state index contributed by atoms with van der Waals surface area (Å²) >= 11 is 5.70. The van der Waals surface area contributed by atoms with Crippen LogP contribution < -0.4 is 0 Å². The van der Waals surface area contributed by atoms with Crippen LogP contribution in [0.2, 0.25) is 5.02 Å². The number of aliphatic hydroxyl groups is 1. The molecule has 0 bridgehead atoms. The Morgan fingerprint density at radius 1 is 1.62 bits per heavy atom. The monoisotopic (exact) mass is 202 g/mol. The van der Waals surface area contributed by atoms with Gasteiger partial charge in [0.05, 0.1) is 0 Å². The summed E-state index contributed by atoms with van der Waals surface area (Å²) in [5.41, 5.74) is 0.432. The van der Waals surface area contributed by atoms with Crippen LogP contribution in [-0.2, 0) is 11.2 Å². The van der Waals surface area contributed by atoms with Gasteiger partial charge in [-0.1, -0.05) is 11.6 Å². The van der Waals surface area contributed by atoms with E-state index in [2.05, 4.69) is 0 Å². The molecule has 0 spiro atoms. The number of halogens is 2. The second-order valence-electron chi connectivity index (χ2n) is 2.64. The van der Waals surface area contributed by atoms with E-state index in [1.54, 1.807) is 0 Å². The van der Waals surface area contributed by atoms with Gasteiger partial charge in [0.25, 0.3) is 0 Å². The standard InChI is InChI=1S/C9H8ClFO2/c10-9-2-1-7(11)3-6(9)4-8(13)5-12/h1-3,5,8,13H,4H2. The van der Waals surface area contributed by atoms with Crippen LogP contribution in [0.1, 0.15) is 5.56 Å². The van der Waals surface area contributed by atoms with Crippen LogP contribution >= 0.6 is 11.6 Å². The van der Waals surface area contributed by atoms with Crippen molar-refractivity contribution in [2.45, 2.75) is 12.5 Å². The topological polar surface area (TPSA) is 37.3 Å². The number of hydrogen-bond donors (Lipinski definition) is 1. The maximum Gasteiger partial charge on any atom is 0.148 e. The van der Waals surface area contributed by atoms with Gasteiger partial charge in [0.1, 0.15) is 18.2 Å². The summed E-state index contributed by atoms with van der Waals surface area (Å²) in [5.74, 6) is -0.433. The molecule has 1 unspecified atom stereocenters. The molecule has 0 fully saturated rings. The fraction of sp³-hybridized carbons (Fsp3) is 0.222. The van der Waals surface area contributed by atoms with Crippen LogP contribution in [0, 0.1) is 5.82 Å². The summed E-state index contributed by atoms with van der Waals surface area (Å²) in [6, 6.07) is 3.82. The van der Waals surface area contributed by atoms with Gasteiger partial charge in [-0.2, -0.15) is 0 Å². The summed E-state index contributed by atoms with van der Waals surface area (Å²) in [6.45, 7) is 0. The summed E-state index contributed by atoms with van der Waals surface area (Å²) in [7, 11) is 0. The van der Waals surface area contributed by atoms with Crippen LogP contribution in [-0.4, -0.2) is 17.5 Å². The number of rotatable bonds is 3. The minimum atomic E-state index is -1.13. The van der Waals surface area contributed by atoms with Gasteiger partial charge in [-0.25, -0.2) is 4.39 Å². The predicted octanol–water partition coefficient (Wildman–Crippen LogP) is 1.58. The molecule has 0 saturated heterocycles. The minimum absolute atomic E-state index is 0.0418. The van der Waals surface area contributed by atoms with Crippen molar-refractivity contribution in [1.29, 1.82) is 0 Å². The smallest absolute Gasteiger partial charge is 0.148 e. The van der Waals surface area contributed by atoms with Crippen LogP contribution in [0.5, 0.6) is 0 Å². The molecule has 1 rings (SSSR count). The van der Waals surface area contributed by atoms with Crippen molar-refractivity contribution in [2.24, 2.45) is 0 Å². The lowest BCUT2D eigenvalue weighted by Gasteiger charge is -2.05. The lowest BCUT2D eigenvalue weighted by molar-refractivity contribution is -0.114. The van der Waals surface area contributed by atoms with Crippen molar-refractivity contribution in [1.82, 2.24) is 0 Å². The number of carbonyl (C=O) groups excluding carboxylic acids is 1. The highest BCUT2D eigenvalue weighted by molar-refractivity contribution is 6.31. The van der Waals surface area contributed by atoms with Gasteiger partial charge < -0.3 is 9.90 Å². The number of benzene rings is 1. The molecule has 0 saturated carbocycles. The fourth-order valence-corrected chi connectivity index (χ4v) is 1.17. The zero-order chi connectivity index (χ0) is 9.84. The molecule has 1 aromatic carbocycles. The predicted molar refractivity (Wildman–Crippen MR) is 47.2 cm³/mol. The van der Waals surface area contributed by atoms with E-state index in [-0.39, 0.29) is 6.42 Å². The summed E-state index contributed by atoms with van der Waals surface area (Å²) < 4.78 is 12.7. The second kappa shape index (κ2) is 4.35. The van der Waals surface area contributed by atoms with E-state index in [1.165, 1.54) is 18.2 Å². The third kappa shape index (κ3) is 2.79. The summed E-state index contributed by atoms with van der Waals surface area (Å²) in [4.78, 5) is 10.1. The number of hydrogen-bond acceptors (Lipinski definition) is 2. The SMILES string of the molecule is O=CC(O)Cc1cc(F)ccc1Cl. The first-order valence-corrected chi connectivity index (χ1v) is 4.08. The first kappa shape index (κ1) is 10.2. The Hall–Kier alpha value is -0.930. The molecule has 0 aliphatic carbocycles. The lowest BCUT2D eigenvalue weighted by atomic mass is 10.1. The highest BCUT2D eigenvalue weighted by Gasteiger charge is 2.07. The van der Waals surface area contributed by atoms with Crippen molar-refractivity contribution in [3.8, 4) is 0 Å². The Morgan fingerprint density at radius 3 is 2.92 bits per heavy atom. The Labute approximate surface area is 80.0 Å². The average Bonchev–Trinajstić information content (AvgIpc) is 2.11. The molecule has 0 heterocycles. The van der Waals surface area contributed by atoms with Gasteiger partial charge in [-0.3, -0.25) is 0 Å². The Morgan fingerprint density at radius 2 is 2.31 bits per heavy atom. The molecule has 0 aromatic heterocycles. The Balaban J connectivity index is 2.86. The van der Waals surface area contributed by atoms with E-state index in [9.17, 15) is 9.18 Å². The van der Waals surface area contributed by atoms with Gasteiger partial charge in [0, 0.05) is 11.4 Å². The van der Waals surface area contributed by atoms with E-state index in [4.69, 9.17) is 16.7 Å². The normalized spacial score (nSPS) is 12.5. The molecule has 4 heteroatoms. The molecule has 70 valence electrons. The minimum Gasteiger partial charge on any atom is -0.385 e. The Bertz CT molecular complexity index is 314. The molecule has 2 nitrogen and oxygen atoms in total. The molecule has 0 radical (unpaired) electrons. The highest BCUT2D eigenvalue weighted by atomic mass is 35.5. The van der Waals surface area contributed by atoms with Crippen molar-refractivity contribution < 1.29 is 14.3 Å². The Kier molecular flexibility index (Phi) is 3.39. The van der Waals surface area contributed by atoms with E-state index < -0.39 is 11.9 Å². The largest absolute Gasteiger partial charge is 0.385 e.